The van der Waals surface area contributed by atoms with Crippen LogP contribution in [0.15, 0.2) is 100 Å². The Balaban J connectivity index is 1.53. The van der Waals surface area contributed by atoms with Crippen LogP contribution < -0.4 is 10.6 Å². The number of thioether (sulfide) groups is 1. The van der Waals surface area contributed by atoms with Crippen LogP contribution in [-0.2, 0) is 10.5 Å². The summed E-state index contributed by atoms with van der Waals surface area (Å²) in [5.74, 6) is 0.543. The standard InChI is InChI=1S/C37H33Cl2N3OS/c1-21-14-24(20-44-33-16-25(38)12-13-29(33)39)22(2)27(15-21)34-28(19-40)36(41)42(31-17-37(3,4)18-32(43)35(31)34)30-11-7-9-23-8-5-6-10-26(23)30/h5-16,34H,17-18,20,41H2,1-4H3. The Kier molecular flexibility index (Phi) is 8.05. The average molecular weight is 639 g/mol. The predicted molar refractivity (Wildman–Crippen MR) is 183 cm³/mol. The summed E-state index contributed by atoms with van der Waals surface area (Å²) in [5, 5.41) is 14.1. The first-order valence-electron chi connectivity index (χ1n) is 14.6. The molecule has 0 fully saturated rings. The quantitative estimate of drug-likeness (QED) is 0.220. The number of rotatable bonds is 5. The van der Waals surface area contributed by atoms with Gasteiger partial charge in [0.1, 0.15) is 5.82 Å². The first-order valence-corrected chi connectivity index (χ1v) is 16.3. The van der Waals surface area contributed by atoms with E-state index in [0.29, 0.717) is 45.6 Å². The Bertz CT molecular complexity index is 1950. The molecule has 6 rings (SSSR count). The number of nitrogens with zero attached hydrogens (tertiary/aromatic N) is 2. The van der Waals surface area contributed by atoms with Crippen molar-refractivity contribution in [3.63, 3.8) is 0 Å². The number of carbonyl (C=O) groups is 1. The number of fused-ring (bicyclic) bond motifs is 1. The van der Waals surface area contributed by atoms with E-state index in [0.717, 1.165) is 49.3 Å². The van der Waals surface area contributed by atoms with E-state index in [9.17, 15) is 10.1 Å². The van der Waals surface area contributed by atoms with E-state index in [4.69, 9.17) is 28.9 Å². The van der Waals surface area contributed by atoms with E-state index in [-0.39, 0.29) is 11.2 Å². The monoisotopic (exact) mass is 637 g/mol. The lowest BCUT2D eigenvalue weighted by Crippen LogP contribution is -2.42. The van der Waals surface area contributed by atoms with Crippen LogP contribution in [0.5, 0.6) is 0 Å². The van der Waals surface area contributed by atoms with E-state index in [2.05, 4.69) is 64.1 Å². The zero-order chi connectivity index (χ0) is 31.3. The fourth-order valence-electron chi connectivity index (χ4n) is 6.66. The summed E-state index contributed by atoms with van der Waals surface area (Å²) in [6.07, 6.45) is 1.07. The normalized spacial score (nSPS) is 18.1. The molecule has 1 aliphatic carbocycles. The minimum Gasteiger partial charge on any atom is -0.384 e. The van der Waals surface area contributed by atoms with Gasteiger partial charge in [-0.2, -0.15) is 5.26 Å². The van der Waals surface area contributed by atoms with Gasteiger partial charge in [-0.15, -0.1) is 11.8 Å². The molecule has 4 aromatic carbocycles. The van der Waals surface area contributed by atoms with Crippen molar-refractivity contribution >= 4 is 57.2 Å². The van der Waals surface area contributed by atoms with Crippen LogP contribution in [0.2, 0.25) is 10.0 Å². The first-order chi connectivity index (χ1) is 21.0. The number of carbonyl (C=O) groups excluding carboxylic acids is 1. The predicted octanol–water partition coefficient (Wildman–Crippen LogP) is 10.00. The van der Waals surface area contributed by atoms with Gasteiger partial charge in [-0.05, 0) is 72.0 Å². The molecular formula is C37H33Cl2N3OS. The molecule has 44 heavy (non-hydrogen) atoms. The zero-order valence-electron chi connectivity index (χ0n) is 25.2. The van der Waals surface area contributed by atoms with E-state index < -0.39 is 5.92 Å². The van der Waals surface area contributed by atoms with Gasteiger partial charge in [-0.1, -0.05) is 91.1 Å². The van der Waals surface area contributed by atoms with Crippen molar-refractivity contribution in [2.75, 3.05) is 4.90 Å². The van der Waals surface area contributed by atoms with Crippen LogP contribution in [0.1, 0.15) is 54.9 Å². The van der Waals surface area contributed by atoms with Gasteiger partial charge in [0.05, 0.1) is 28.3 Å². The Hall–Kier alpha value is -3.69. The number of aryl methyl sites for hydroxylation is 1. The lowest BCUT2D eigenvalue weighted by molar-refractivity contribution is -0.118. The number of nitriles is 1. The number of hydrogen-bond acceptors (Lipinski definition) is 5. The Labute approximate surface area is 273 Å². The minimum atomic E-state index is -0.553. The van der Waals surface area contributed by atoms with Gasteiger partial charge in [0, 0.05) is 38.7 Å². The maximum absolute atomic E-state index is 14.2. The number of Topliss-reactive ketones (excluding diaryl/α,β-unsaturated/α-hetero) is 1. The van der Waals surface area contributed by atoms with Gasteiger partial charge in [0.25, 0.3) is 0 Å². The molecule has 0 radical (unpaired) electrons. The summed E-state index contributed by atoms with van der Waals surface area (Å²) in [5.41, 5.74) is 13.7. The number of hydrogen-bond donors (Lipinski definition) is 1. The van der Waals surface area contributed by atoms with Crippen LogP contribution in [0.4, 0.5) is 5.69 Å². The Morgan fingerprint density at radius 3 is 2.55 bits per heavy atom. The lowest BCUT2D eigenvalue weighted by Gasteiger charge is -2.44. The number of ketones is 1. The van der Waals surface area contributed by atoms with E-state index in [1.54, 1.807) is 23.9 Å². The van der Waals surface area contributed by atoms with Crippen molar-refractivity contribution in [3.8, 4) is 6.07 Å². The van der Waals surface area contributed by atoms with Crippen molar-refractivity contribution < 1.29 is 4.79 Å². The van der Waals surface area contributed by atoms with Gasteiger partial charge < -0.3 is 5.73 Å². The van der Waals surface area contributed by atoms with Crippen LogP contribution in [0.3, 0.4) is 0 Å². The topological polar surface area (TPSA) is 70.1 Å². The highest BCUT2D eigenvalue weighted by molar-refractivity contribution is 7.98. The molecule has 4 aromatic rings. The SMILES string of the molecule is Cc1cc(CSc2cc(Cl)ccc2Cl)c(C)c(C2C(C#N)=C(N)N(c3cccc4ccccc34)C3=C2C(=O)CC(C)(C)C3)c1. The second-order valence-electron chi connectivity index (χ2n) is 12.5. The second-order valence-corrected chi connectivity index (χ2v) is 14.3. The number of anilines is 1. The molecule has 0 saturated carbocycles. The van der Waals surface area contributed by atoms with Crippen LogP contribution >= 0.6 is 35.0 Å². The molecule has 0 spiro atoms. The highest BCUT2D eigenvalue weighted by atomic mass is 35.5. The van der Waals surface area contributed by atoms with Gasteiger partial charge in [-0.3, -0.25) is 9.69 Å². The van der Waals surface area contributed by atoms with Crippen molar-refractivity contribution in [3.05, 3.63) is 128 Å². The highest BCUT2D eigenvalue weighted by Crippen LogP contribution is 2.52. The third-order valence-electron chi connectivity index (χ3n) is 8.68. The van der Waals surface area contributed by atoms with Gasteiger partial charge in [-0.25, -0.2) is 0 Å². The molecule has 1 unspecified atom stereocenters. The number of halogens is 2. The van der Waals surface area contributed by atoms with Crippen LogP contribution in [0, 0.1) is 30.6 Å². The van der Waals surface area contributed by atoms with E-state index >= 15 is 0 Å². The third kappa shape index (κ3) is 5.41. The zero-order valence-corrected chi connectivity index (χ0v) is 27.5. The number of benzene rings is 4. The molecule has 1 atom stereocenters. The van der Waals surface area contributed by atoms with Crippen molar-refractivity contribution in [1.82, 2.24) is 0 Å². The largest absolute Gasteiger partial charge is 0.384 e. The molecule has 0 saturated heterocycles. The molecule has 7 heteroatoms. The number of nitrogens with two attached hydrogens (primary N) is 1. The molecule has 0 amide bonds. The molecule has 1 aliphatic heterocycles. The third-order valence-corrected chi connectivity index (χ3v) is 10.5. The molecule has 222 valence electrons. The molecule has 1 heterocycles. The average Bonchev–Trinajstić information content (AvgIpc) is 2.98. The van der Waals surface area contributed by atoms with Crippen molar-refractivity contribution in [1.29, 1.82) is 5.26 Å². The highest BCUT2D eigenvalue weighted by Gasteiger charge is 2.45. The Morgan fingerprint density at radius 1 is 1.02 bits per heavy atom. The molecule has 4 nitrogen and oxygen atoms in total. The van der Waals surface area contributed by atoms with Gasteiger partial charge in [0.15, 0.2) is 5.78 Å². The fourth-order valence-corrected chi connectivity index (χ4v) is 8.20. The summed E-state index contributed by atoms with van der Waals surface area (Å²) in [7, 11) is 0. The maximum Gasteiger partial charge on any atom is 0.162 e. The molecule has 0 bridgehead atoms. The maximum atomic E-state index is 14.2. The van der Waals surface area contributed by atoms with Crippen molar-refractivity contribution in [2.24, 2.45) is 11.1 Å². The lowest BCUT2D eigenvalue weighted by atomic mass is 9.68. The Morgan fingerprint density at radius 2 is 1.77 bits per heavy atom. The smallest absolute Gasteiger partial charge is 0.162 e. The van der Waals surface area contributed by atoms with E-state index in [1.807, 2.05) is 35.2 Å². The summed E-state index contributed by atoms with van der Waals surface area (Å²) in [6.45, 7) is 8.37. The van der Waals surface area contributed by atoms with Crippen molar-refractivity contribution in [2.45, 2.75) is 57.1 Å². The number of allylic oxidation sites excluding steroid dienone is 3. The molecule has 0 aromatic heterocycles. The minimum absolute atomic E-state index is 0.0641. The second kappa shape index (κ2) is 11.7. The fraction of sp³-hybridized carbons (Fsp3) is 0.243. The molecule has 2 N–H and O–H groups in total. The first kappa shape index (κ1) is 30.3. The van der Waals surface area contributed by atoms with Gasteiger partial charge >= 0.3 is 0 Å². The summed E-state index contributed by atoms with van der Waals surface area (Å²) >= 11 is 14.3. The van der Waals surface area contributed by atoms with E-state index in [1.165, 1.54) is 0 Å². The summed E-state index contributed by atoms with van der Waals surface area (Å²) in [4.78, 5) is 17.1. The molecule has 2 aliphatic rings. The van der Waals surface area contributed by atoms with Crippen LogP contribution in [0.25, 0.3) is 10.8 Å². The van der Waals surface area contributed by atoms with Crippen LogP contribution in [-0.4, -0.2) is 5.78 Å². The summed E-state index contributed by atoms with van der Waals surface area (Å²) in [6, 6.07) is 26.4. The summed E-state index contributed by atoms with van der Waals surface area (Å²) < 4.78 is 0. The van der Waals surface area contributed by atoms with Gasteiger partial charge in [0.2, 0.25) is 0 Å². The molecular weight excluding hydrogens is 605 g/mol.